The van der Waals surface area contributed by atoms with Gasteiger partial charge in [0.05, 0.1) is 20.1 Å². The Morgan fingerprint density at radius 3 is 1.71 bits per heavy atom. The molecule has 0 spiro atoms. The molecule has 9 N–H and O–H groups in total. The van der Waals surface area contributed by atoms with Crippen molar-refractivity contribution in [3.8, 4) is 11.5 Å². The van der Waals surface area contributed by atoms with Gasteiger partial charge in [0.1, 0.15) is 24.1 Å². The average molecular weight is 764 g/mol. The van der Waals surface area contributed by atoms with Gasteiger partial charge in [-0.3, -0.25) is 19.4 Å². The van der Waals surface area contributed by atoms with E-state index in [0.717, 1.165) is 5.56 Å². The molecule has 3 rings (SSSR count). The first-order chi connectivity index (χ1) is 26.3. The minimum atomic E-state index is -1.28. The van der Waals surface area contributed by atoms with Crippen LogP contribution in [0, 0.1) is 0 Å². The van der Waals surface area contributed by atoms with Crippen molar-refractivity contribution < 1.29 is 52.8 Å². The quantitative estimate of drug-likeness (QED) is 0.0379. The molecule has 55 heavy (non-hydrogen) atoms. The second kappa shape index (κ2) is 21.6. The molecule has 0 aromatic heterocycles. The minimum Gasteiger partial charge on any atom is -0.482 e. The second-order valence-corrected chi connectivity index (χ2v) is 11.9. The van der Waals surface area contributed by atoms with Crippen LogP contribution >= 0.6 is 0 Å². The number of rotatable bonds is 21. The lowest BCUT2D eigenvalue weighted by atomic mass is 9.88. The molecule has 0 unspecified atom stereocenters. The van der Waals surface area contributed by atoms with Crippen LogP contribution in [0.5, 0.6) is 11.5 Å². The first-order valence-electron chi connectivity index (χ1n) is 16.9. The van der Waals surface area contributed by atoms with Crippen molar-refractivity contribution in [2.24, 2.45) is 22.2 Å². The summed E-state index contributed by atoms with van der Waals surface area (Å²) in [5.74, 6) is -4.31. The Hall–Kier alpha value is -6.85. The van der Waals surface area contributed by atoms with Crippen molar-refractivity contribution in [3.63, 3.8) is 0 Å². The van der Waals surface area contributed by atoms with Gasteiger partial charge in [-0.15, -0.1) is 0 Å². The van der Waals surface area contributed by atoms with Crippen molar-refractivity contribution in [2.45, 2.75) is 37.9 Å². The third kappa shape index (κ3) is 14.2. The molecule has 1 atom stereocenters. The number of esters is 2. The third-order valence-corrected chi connectivity index (χ3v) is 7.99. The van der Waals surface area contributed by atoms with Gasteiger partial charge >= 0.3 is 23.9 Å². The number of aliphatic carboxylic acids is 1. The smallest absolute Gasteiger partial charge is 0.343 e. The zero-order valence-electron chi connectivity index (χ0n) is 30.4. The summed E-state index contributed by atoms with van der Waals surface area (Å²) in [6.07, 6.45) is 0.287. The predicted molar refractivity (Wildman–Crippen MR) is 198 cm³/mol. The van der Waals surface area contributed by atoms with Gasteiger partial charge in [0.15, 0.2) is 19.2 Å². The molecule has 0 aliphatic rings. The first kappa shape index (κ1) is 42.6. The van der Waals surface area contributed by atoms with Crippen LogP contribution in [-0.2, 0) is 46.5 Å². The van der Waals surface area contributed by atoms with Crippen LogP contribution in [0.3, 0.4) is 0 Å². The number of methoxy groups -OCH3 is 2. The number of nitrogens with two attached hydrogens (primary N) is 3. The van der Waals surface area contributed by atoms with E-state index >= 15 is 4.79 Å². The van der Waals surface area contributed by atoms with Gasteiger partial charge in [0.25, 0.3) is 0 Å². The van der Waals surface area contributed by atoms with Gasteiger partial charge in [-0.05, 0) is 59.4 Å². The Morgan fingerprint density at radius 2 is 1.25 bits per heavy atom. The largest absolute Gasteiger partial charge is 0.482 e. The summed E-state index contributed by atoms with van der Waals surface area (Å²) in [6.45, 7) is -1.21. The van der Waals surface area contributed by atoms with Gasteiger partial charge in [0.2, 0.25) is 11.8 Å². The molecule has 18 heteroatoms. The lowest BCUT2D eigenvalue weighted by molar-refractivity contribution is -0.143. The number of primary amides is 1. The van der Waals surface area contributed by atoms with Crippen molar-refractivity contribution >= 4 is 41.7 Å². The Kier molecular flexibility index (Phi) is 16.7. The molecule has 3 aromatic carbocycles. The van der Waals surface area contributed by atoms with Crippen molar-refractivity contribution in [1.82, 2.24) is 15.5 Å². The highest BCUT2D eigenvalue weighted by molar-refractivity contribution is 5.93. The highest BCUT2D eigenvalue weighted by atomic mass is 16.6. The molecular weight excluding hydrogens is 718 g/mol. The molecule has 3 aromatic rings. The fourth-order valence-corrected chi connectivity index (χ4v) is 5.25. The number of guanidine groups is 1. The normalized spacial score (nSPS) is 11.0. The van der Waals surface area contributed by atoms with Gasteiger partial charge in [-0.25, -0.2) is 14.4 Å². The molecule has 0 aliphatic carbocycles. The first-order valence-corrected chi connectivity index (χ1v) is 16.9. The number of carboxylic acids is 1. The standard InChI is InChI=1S/C37H45N7O11/c1-52-31(47)21-54-27-13-9-25(10-14-27)33(26-11-15-28(16-12-26)55-22-32(48)53-2)35(50)44(20-24-7-5-23(6-8-24)18-43-37(40)51)29(4-3-17-41-36(38)39)34(49)42-19-30(45)46/h5-16,29,33H,3-4,17-22H2,1-2H3,(H,42,49)(H,45,46)(H4,38,39,41)(H3,40,43,51)/t29-/m1/s1. The lowest BCUT2D eigenvalue weighted by Gasteiger charge is -2.34. The number of ether oxygens (including phenoxy) is 4. The maximum atomic E-state index is 15.1. The fraction of sp³-hybridized carbons (Fsp3) is 0.324. The Balaban J connectivity index is 2.14. The molecule has 0 saturated heterocycles. The maximum Gasteiger partial charge on any atom is 0.343 e. The number of carboxylic acid groups (broad SMARTS) is 1. The van der Waals surface area contributed by atoms with E-state index in [2.05, 4.69) is 25.1 Å². The van der Waals surface area contributed by atoms with Gasteiger partial charge in [-0.1, -0.05) is 48.5 Å². The number of nitrogens with zero attached hydrogens (tertiary/aromatic N) is 2. The number of carbonyl (C=O) groups excluding carboxylic acids is 5. The van der Waals surface area contributed by atoms with Crippen molar-refractivity contribution in [1.29, 1.82) is 0 Å². The Labute approximate surface area is 316 Å². The Morgan fingerprint density at radius 1 is 0.745 bits per heavy atom. The number of urea groups is 1. The number of hydrogen-bond donors (Lipinski definition) is 6. The zero-order valence-corrected chi connectivity index (χ0v) is 30.4. The summed E-state index contributed by atoms with van der Waals surface area (Å²) < 4.78 is 20.3. The van der Waals surface area contributed by atoms with E-state index in [1.807, 2.05) is 0 Å². The number of aliphatic imine (C=N–C) groups is 1. The van der Waals surface area contributed by atoms with Crippen LogP contribution < -0.4 is 37.3 Å². The molecule has 0 fully saturated rings. The van der Waals surface area contributed by atoms with Crippen LogP contribution in [0.2, 0.25) is 0 Å². The van der Waals surface area contributed by atoms with Crippen LogP contribution in [0.25, 0.3) is 0 Å². The van der Waals surface area contributed by atoms with E-state index in [-0.39, 0.29) is 51.6 Å². The highest BCUT2D eigenvalue weighted by Crippen LogP contribution is 2.32. The van der Waals surface area contributed by atoms with Gasteiger partial charge < -0.3 is 56.8 Å². The predicted octanol–water partition coefficient (Wildman–Crippen LogP) is 0.742. The molecule has 0 radical (unpaired) electrons. The molecule has 294 valence electrons. The summed E-state index contributed by atoms with van der Waals surface area (Å²) in [5.41, 5.74) is 18.5. The van der Waals surface area contributed by atoms with Crippen LogP contribution in [0.15, 0.2) is 77.8 Å². The van der Waals surface area contributed by atoms with Gasteiger partial charge in [-0.2, -0.15) is 0 Å². The van der Waals surface area contributed by atoms with Crippen molar-refractivity contribution in [2.75, 3.05) is 40.5 Å². The molecule has 4 amide bonds. The molecule has 0 saturated carbocycles. The van der Waals surface area contributed by atoms with Crippen LogP contribution in [-0.4, -0.2) is 98.3 Å². The maximum absolute atomic E-state index is 15.1. The van der Waals surface area contributed by atoms with Crippen LogP contribution in [0.4, 0.5) is 4.79 Å². The van der Waals surface area contributed by atoms with Crippen molar-refractivity contribution in [3.05, 3.63) is 95.1 Å². The van der Waals surface area contributed by atoms with E-state index in [0.29, 0.717) is 28.2 Å². The Bertz CT molecular complexity index is 1730. The van der Waals surface area contributed by atoms with E-state index in [1.54, 1.807) is 72.8 Å². The summed E-state index contributed by atoms with van der Waals surface area (Å²) in [6, 6.07) is 17.8. The zero-order chi connectivity index (χ0) is 40.3. The van der Waals surface area contributed by atoms with E-state index < -0.39 is 54.3 Å². The number of hydrogen-bond acceptors (Lipinski definition) is 11. The van der Waals surface area contributed by atoms with E-state index in [1.165, 1.54) is 19.1 Å². The summed E-state index contributed by atoms with van der Waals surface area (Å²) in [7, 11) is 2.46. The summed E-state index contributed by atoms with van der Waals surface area (Å²) >= 11 is 0. The second-order valence-electron chi connectivity index (χ2n) is 11.9. The van der Waals surface area contributed by atoms with E-state index in [4.69, 9.17) is 26.7 Å². The topological polar surface area (TPSA) is 277 Å². The summed E-state index contributed by atoms with van der Waals surface area (Å²) in [4.78, 5) is 80.3. The summed E-state index contributed by atoms with van der Waals surface area (Å²) in [5, 5.41) is 14.3. The molecule has 18 nitrogen and oxygen atoms in total. The SMILES string of the molecule is COC(=O)COc1ccc(C(C(=O)N(Cc2ccc(CNC(N)=O)cc2)[C@H](CCCN=C(N)N)C(=O)NCC(=O)O)c2ccc(OCC(=O)OC)cc2)cc1. The minimum absolute atomic E-state index is 0.0436. The monoisotopic (exact) mass is 763 g/mol. The average Bonchev–Trinajstić information content (AvgIpc) is 3.17. The lowest BCUT2D eigenvalue weighted by Crippen LogP contribution is -2.51. The highest BCUT2D eigenvalue weighted by Gasteiger charge is 2.35. The van der Waals surface area contributed by atoms with Crippen LogP contribution in [0.1, 0.15) is 41.0 Å². The fourth-order valence-electron chi connectivity index (χ4n) is 5.25. The number of nitrogens with one attached hydrogen (secondary N) is 2. The number of benzene rings is 3. The number of amides is 4. The molecule has 0 bridgehead atoms. The molecule has 0 heterocycles. The molecule has 0 aliphatic heterocycles. The van der Waals surface area contributed by atoms with Gasteiger partial charge in [0, 0.05) is 19.6 Å². The van der Waals surface area contributed by atoms with E-state index in [9.17, 15) is 29.1 Å². The molecular formula is C37H45N7O11. The number of carbonyl (C=O) groups is 6. The third-order valence-electron chi connectivity index (χ3n) is 7.99.